The van der Waals surface area contributed by atoms with Crippen molar-refractivity contribution in [2.45, 2.75) is 6.92 Å². The van der Waals surface area contributed by atoms with Crippen molar-refractivity contribution in [3.05, 3.63) is 53.7 Å². The maximum absolute atomic E-state index is 5.68. The van der Waals surface area contributed by atoms with Gasteiger partial charge < -0.3 is 4.74 Å². The summed E-state index contributed by atoms with van der Waals surface area (Å²) >= 11 is 0. The normalized spacial score (nSPS) is 11.4. The van der Waals surface area contributed by atoms with E-state index in [1.807, 2.05) is 43.3 Å². The molecule has 0 unspecified atom stereocenters. The SMILES string of the molecule is COc1c(-c2nc(C)n[nH]2)ccc2[nH]nc(C=Cc3cccnc3)c12. The number of hydrogen-bond donors (Lipinski definition) is 2. The van der Waals surface area contributed by atoms with Crippen LogP contribution in [0, 0.1) is 6.92 Å². The van der Waals surface area contributed by atoms with Crippen LogP contribution in [0.15, 0.2) is 36.7 Å². The quantitative estimate of drug-likeness (QED) is 0.598. The van der Waals surface area contributed by atoms with E-state index in [0.29, 0.717) is 17.4 Å². The predicted molar refractivity (Wildman–Crippen MR) is 95.9 cm³/mol. The molecule has 0 aliphatic carbocycles. The lowest BCUT2D eigenvalue weighted by Crippen LogP contribution is -1.91. The third kappa shape index (κ3) is 2.76. The topological polar surface area (TPSA) is 92.4 Å². The average molecular weight is 332 g/mol. The van der Waals surface area contributed by atoms with Crippen molar-refractivity contribution in [1.82, 2.24) is 30.4 Å². The van der Waals surface area contributed by atoms with Gasteiger partial charge in [0.1, 0.15) is 11.6 Å². The maximum atomic E-state index is 5.68. The molecule has 0 bridgehead atoms. The Hall–Kier alpha value is -3.48. The molecule has 0 amide bonds. The Morgan fingerprint density at radius 1 is 1.08 bits per heavy atom. The van der Waals surface area contributed by atoms with E-state index in [1.54, 1.807) is 19.5 Å². The first-order chi connectivity index (χ1) is 12.3. The van der Waals surface area contributed by atoms with Crippen LogP contribution in [0.3, 0.4) is 0 Å². The third-order valence-corrected chi connectivity index (χ3v) is 3.89. The summed E-state index contributed by atoms with van der Waals surface area (Å²) in [6.07, 6.45) is 7.45. The van der Waals surface area contributed by atoms with E-state index < -0.39 is 0 Å². The largest absolute Gasteiger partial charge is 0.495 e. The summed E-state index contributed by atoms with van der Waals surface area (Å²) in [5.41, 5.74) is 3.52. The van der Waals surface area contributed by atoms with Gasteiger partial charge in [-0.1, -0.05) is 12.1 Å². The van der Waals surface area contributed by atoms with Gasteiger partial charge in [-0.3, -0.25) is 15.2 Å². The minimum absolute atomic E-state index is 0.666. The molecule has 0 aliphatic heterocycles. The molecule has 0 saturated heterocycles. The number of nitrogens with zero attached hydrogens (tertiary/aromatic N) is 4. The summed E-state index contributed by atoms with van der Waals surface area (Å²) in [5, 5.41) is 15.4. The molecule has 124 valence electrons. The smallest absolute Gasteiger partial charge is 0.159 e. The predicted octanol–water partition coefficient (Wildman–Crippen LogP) is 3.23. The van der Waals surface area contributed by atoms with Crippen LogP contribution < -0.4 is 4.74 Å². The number of rotatable bonds is 4. The first-order valence-electron chi connectivity index (χ1n) is 7.79. The fraction of sp³-hybridized carbons (Fsp3) is 0.111. The number of H-pyrrole nitrogens is 2. The Labute approximate surface area is 143 Å². The van der Waals surface area contributed by atoms with Crippen molar-refractivity contribution in [3.8, 4) is 17.1 Å². The van der Waals surface area contributed by atoms with Gasteiger partial charge in [0.2, 0.25) is 0 Å². The number of pyridine rings is 1. The number of fused-ring (bicyclic) bond motifs is 1. The van der Waals surface area contributed by atoms with Gasteiger partial charge >= 0.3 is 0 Å². The lowest BCUT2D eigenvalue weighted by atomic mass is 10.1. The Balaban J connectivity index is 1.85. The van der Waals surface area contributed by atoms with E-state index in [0.717, 1.165) is 27.7 Å². The van der Waals surface area contributed by atoms with Crippen LogP contribution in [0.5, 0.6) is 5.75 Å². The number of methoxy groups -OCH3 is 1. The van der Waals surface area contributed by atoms with E-state index in [-0.39, 0.29) is 0 Å². The van der Waals surface area contributed by atoms with Gasteiger partial charge in [-0.25, -0.2) is 4.98 Å². The van der Waals surface area contributed by atoms with Crippen molar-refractivity contribution in [2.75, 3.05) is 7.11 Å². The fourth-order valence-electron chi connectivity index (χ4n) is 2.74. The first-order valence-corrected chi connectivity index (χ1v) is 7.79. The van der Waals surface area contributed by atoms with Crippen molar-refractivity contribution >= 4 is 23.1 Å². The summed E-state index contributed by atoms with van der Waals surface area (Å²) in [6, 6.07) is 7.78. The standard InChI is InChI=1S/C18H16N6O/c1-11-20-18(24-21-11)13-6-8-15-16(17(13)25-2)14(22-23-15)7-5-12-4-3-9-19-10-12/h3-10H,1-2H3,(H,22,23)(H,20,21,24). The molecule has 7 heteroatoms. The summed E-state index contributed by atoms with van der Waals surface area (Å²) in [7, 11) is 1.64. The van der Waals surface area contributed by atoms with E-state index in [9.17, 15) is 0 Å². The van der Waals surface area contributed by atoms with Gasteiger partial charge in [-0.15, -0.1) is 0 Å². The average Bonchev–Trinajstić information content (AvgIpc) is 3.26. The van der Waals surface area contributed by atoms with E-state index in [2.05, 4.69) is 30.4 Å². The number of aryl methyl sites for hydroxylation is 1. The number of ether oxygens (including phenoxy) is 1. The summed E-state index contributed by atoms with van der Waals surface area (Å²) in [6.45, 7) is 1.84. The maximum Gasteiger partial charge on any atom is 0.159 e. The zero-order valence-corrected chi connectivity index (χ0v) is 13.8. The molecule has 3 heterocycles. The molecule has 4 rings (SSSR count). The molecule has 0 aliphatic rings. The van der Waals surface area contributed by atoms with E-state index >= 15 is 0 Å². The van der Waals surface area contributed by atoms with Crippen molar-refractivity contribution in [2.24, 2.45) is 0 Å². The molecule has 2 N–H and O–H groups in total. The highest BCUT2D eigenvalue weighted by atomic mass is 16.5. The number of hydrogen-bond acceptors (Lipinski definition) is 5. The van der Waals surface area contributed by atoms with Crippen LogP contribution in [0.1, 0.15) is 17.1 Å². The minimum atomic E-state index is 0.666. The van der Waals surface area contributed by atoms with Crippen molar-refractivity contribution in [3.63, 3.8) is 0 Å². The molecule has 0 saturated carbocycles. The first kappa shape index (κ1) is 15.1. The molecule has 0 fully saturated rings. The molecular formula is C18H16N6O. The third-order valence-electron chi connectivity index (χ3n) is 3.89. The van der Waals surface area contributed by atoms with Crippen LogP contribution in [0.25, 0.3) is 34.4 Å². The number of aromatic nitrogens is 6. The van der Waals surface area contributed by atoms with Crippen LogP contribution >= 0.6 is 0 Å². The van der Waals surface area contributed by atoms with E-state index in [1.165, 1.54) is 0 Å². The second-order valence-electron chi connectivity index (χ2n) is 5.53. The van der Waals surface area contributed by atoms with Crippen molar-refractivity contribution in [1.29, 1.82) is 0 Å². The Bertz CT molecular complexity index is 1050. The molecule has 0 atom stereocenters. The molecule has 25 heavy (non-hydrogen) atoms. The number of benzene rings is 1. The van der Waals surface area contributed by atoms with Crippen LogP contribution in [-0.4, -0.2) is 37.5 Å². The Morgan fingerprint density at radius 3 is 2.72 bits per heavy atom. The second kappa shape index (κ2) is 6.20. The summed E-state index contributed by atoms with van der Waals surface area (Å²) in [5.74, 6) is 2.05. The highest BCUT2D eigenvalue weighted by molar-refractivity contribution is 5.98. The van der Waals surface area contributed by atoms with Gasteiger partial charge in [-0.2, -0.15) is 10.2 Å². The zero-order chi connectivity index (χ0) is 17.2. The van der Waals surface area contributed by atoms with Crippen LogP contribution in [0.4, 0.5) is 0 Å². The van der Waals surface area contributed by atoms with Gasteiger partial charge in [0, 0.05) is 12.4 Å². The fourth-order valence-corrected chi connectivity index (χ4v) is 2.74. The van der Waals surface area contributed by atoms with Gasteiger partial charge in [-0.05, 0) is 36.8 Å². The molecule has 1 aromatic carbocycles. The van der Waals surface area contributed by atoms with Gasteiger partial charge in [0.15, 0.2) is 5.82 Å². The van der Waals surface area contributed by atoms with E-state index in [4.69, 9.17) is 4.74 Å². The molecular weight excluding hydrogens is 316 g/mol. The van der Waals surface area contributed by atoms with Gasteiger partial charge in [0.25, 0.3) is 0 Å². The molecule has 7 nitrogen and oxygen atoms in total. The Kier molecular flexibility index (Phi) is 3.74. The summed E-state index contributed by atoms with van der Waals surface area (Å²) < 4.78 is 5.68. The summed E-state index contributed by atoms with van der Waals surface area (Å²) in [4.78, 5) is 8.51. The zero-order valence-electron chi connectivity index (χ0n) is 13.8. The highest BCUT2D eigenvalue weighted by Gasteiger charge is 2.17. The Morgan fingerprint density at radius 2 is 2.00 bits per heavy atom. The molecule has 0 radical (unpaired) electrons. The monoisotopic (exact) mass is 332 g/mol. The van der Waals surface area contributed by atoms with Crippen molar-refractivity contribution < 1.29 is 4.74 Å². The minimum Gasteiger partial charge on any atom is -0.495 e. The van der Waals surface area contributed by atoms with Crippen LogP contribution in [0.2, 0.25) is 0 Å². The molecule has 0 spiro atoms. The van der Waals surface area contributed by atoms with Gasteiger partial charge in [0.05, 0.1) is 29.3 Å². The lowest BCUT2D eigenvalue weighted by molar-refractivity contribution is 0.421. The number of nitrogens with one attached hydrogen (secondary N) is 2. The second-order valence-corrected chi connectivity index (χ2v) is 5.53. The molecule has 4 aromatic rings. The number of aromatic amines is 2. The highest BCUT2D eigenvalue weighted by Crippen LogP contribution is 2.36. The van der Waals surface area contributed by atoms with Crippen LogP contribution in [-0.2, 0) is 0 Å². The lowest BCUT2D eigenvalue weighted by Gasteiger charge is -2.07. The molecule has 3 aromatic heterocycles.